The van der Waals surface area contributed by atoms with Gasteiger partial charge in [0.25, 0.3) is 5.91 Å². The maximum atomic E-state index is 12.8. The first kappa shape index (κ1) is 16.4. The van der Waals surface area contributed by atoms with Crippen molar-refractivity contribution in [1.29, 1.82) is 0 Å². The van der Waals surface area contributed by atoms with Crippen LogP contribution in [0.1, 0.15) is 52.9 Å². The van der Waals surface area contributed by atoms with Crippen LogP contribution in [0.25, 0.3) is 5.82 Å². The van der Waals surface area contributed by atoms with Gasteiger partial charge in [-0.05, 0) is 61.4 Å². The molecular formula is C20H21N5O. The van der Waals surface area contributed by atoms with Gasteiger partial charge in [0, 0.05) is 6.20 Å². The van der Waals surface area contributed by atoms with E-state index in [0.717, 1.165) is 18.4 Å². The smallest absolute Gasteiger partial charge is 0.255 e. The highest BCUT2D eigenvalue weighted by Gasteiger charge is 2.18. The van der Waals surface area contributed by atoms with E-state index in [2.05, 4.69) is 38.6 Å². The summed E-state index contributed by atoms with van der Waals surface area (Å²) in [4.78, 5) is 21.0. The number of aromatic nitrogens is 4. The van der Waals surface area contributed by atoms with Crippen LogP contribution in [0.5, 0.6) is 0 Å². The van der Waals surface area contributed by atoms with Crippen LogP contribution in [0.2, 0.25) is 0 Å². The fourth-order valence-corrected chi connectivity index (χ4v) is 3.45. The molecule has 0 bridgehead atoms. The van der Waals surface area contributed by atoms with Crippen molar-refractivity contribution in [2.24, 2.45) is 0 Å². The first-order valence-corrected chi connectivity index (χ1v) is 8.95. The lowest BCUT2D eigenvalue weighted by molar-refractivity contribution is 0.0939. The molecule has 0 spiro atoms. The van der Waals surface area contributed by atoms with Crippen LogP contribution in [0, 0.1) is 0 Å². The number of hydrogen-bond donors (Lipinski definition) is 1. The third-order valence-corrected chi connectivity index (χ3v) is 4.89. The van der Waals surface area contributed by atoms with E-state index >= 15 is 0 Å². The summed E-state index contributed by atoms with van der Waals surface area (Å²) in [6, 6.07) is 9.98. The minimum Gasteiger partial charge on any atom is -0.345 e. The third kappa shape index (κ3) is 3.22. The second-order valence-electron chi connectivity index (χ2n) is 6.65. The predicted molar refractivity (Wildman–Crippen MR) is 98.1 cm³/mol. The number of aryl methyl sites for hydroxylation is 2. The highest BCUT2D eigenvalue weighted by atomic mass is 16.1. The molecule has 3 aromatic rings. The average Bonchev–Trinajstić information content (AvgIpc) is 3.22. The zero-order valence-corrected chi connectivity index (χ0v) is 14.7. The van der Waals surface area contributed by atoms with Crippen molar-refractivity contribution in [3.8, 4) is 5.82 Å². The molecule has 2 heterocycles. The molecule has 0 fully saturated rings. The Hall–Kier alpha value is -3.02. The molecule has 2 aromatic heterocycles. The van der Waals surface area contributed by atoms with Gasteiger partial charge in [-0.3, -0.25) is 4.79 Å². The first-order valence-electron chi connectivity index (χ1n) is 8.95. The van der Waals surface area contributed by atoms with E-state index < -0.39 is 0 Å². The van der Waals surface area contributed by atoms with Gasteiger partial charge < -0.3 is 5.32 Å². The Morgan fingerprint density at radius 1 is 1.19 bits per heavy atom. The molecule has 1 amide bonds. The van der Waals surface area contributed by atoms with Crippen molar-refractivity contribution in [1.82, 2.24) is 25.1 Å². The van der Waals surface area contributed by atoms with Gasteiger partial charge in [0.2, 0.25) is 0 Å². The lowest BCUT2D eigenvalue weighted by Crippen LogP contribution is -2.28. The van der Waals surface area contributed by atoms with Crippen molar-refractivity contribution >= 4 is 5.91 Å². The number of hydrogen-bond acceptors (Lipinski definition) is 4. The Morgan fingerprint density at radius 2 is 2.04 bits per heavy atom. The molecule has 4 rings (SSSR count). The Labute approximate surface area is 152 Å². The zero-order valence-electron chi connectivity index (χ0n) is 14.7. The number of fused-ring (bicyclic) bond motifs is 1. The summed E-state index contributed by atoms with van der Waals surface area (Å²) in [5, 5.41) is 7.16. The fourth-order valence-electron chi connectivity index (χ4n) is 3.45. The Balaban J connectivity index is 1.55. The summed E-state index contributed by atoms with van der Waals surface area (Å²) < 4.78 is 1.50. The van der Waals surface area contributed by atoms with Crippen LogP contribution in [-0.4, -0.2) is 25.7 Å². The van der Waals surface area contributed by atoms with Crippen LogP contribution in [0.3, 0.4) is 0 Å². The molecule has 1 N–H and O–H groups in total. The van der Waals surface area contributed by atoms with Crippen LogP contribution < -0.4 is 5.32 Å². The largest absolute Gasteiger partial charge is 0.345 e. The van der Waals surface area contributed by atoms with Crippen molar-refractivity contribution < 1.29 is 4.79 Å². The van der Waals surface area contributed by atoms with Crippen LogP contribution >= 0.6 is 0 Å². The van der Waals surface area contributed by atoms with Crippen LogP contribution in [0.15, 0.2) is 49.2 Å². The van der Waals surface area contributed by atoms with Gasteiger partial charge in [-0.1, -0.05) is 18.2 Å². The molecule has 1 aliphatic rings. The molecule has 0 radical (unpaired) electrons. The van der Waals surface area contributed by atoms with Gasteiger partial charge in [0.05, 0.1) is 11.6 Å². The molecule has 1 atom stereocenters. The highest BCUT2D eigenvalue weighted by molar-refractivity contribution is 5.97. The highest BCUT2D eigenvalue weighted by Crippen LogP contribution is 2.25. The zero-order chi connectivity index (χ0) is 17.9. The lowest BCUT2D eigenvalue weighted by Gasteiger charge is -2.20. The maximum Gasteiger partial charge on any atom is 0.255 e. The number of nitrogens with zero attached hydrogens (tertiary/aromatic N) is 4. The van der Waals surface area contributed by atoms with Gasteiger partial charge in [-0.25, -0.2) is 14.6 Å². The van der Waals surface area contributed by atoms with E-state index in [9.17, 15) is 4.79 Å². The minimum absolute atomic E-state index is 0.0847. The summed E-state index contributed by atoms with van der Waals surface area (Å²) in [5.74, 6) is 0.300. The summed E-state index contributed by atoms with van der Waals surface area (Å²) in [7, 11) is 0. The van der Waals surface area contributed by atoms with Gasteiger partial charge in [-0.2, -0.15) is 5.10 Å². The summed E-state index contributed by atoms with van der Waals surface area (Å²) in [6.45, 7) is 2.01. The monoisotopic (exact) mass is 347 g/mol. The molecule has 0 saturated carbocycles. The Kier molecular flexibility index (Phi) is 4.48. The molecule has 26 heavy (non-hydrogen) atoms. The second kappa shape index (κ2) is 7.07. The van der Waals surface area contributed by atoms with E-state index in [4.69, 9.17) is 0 Å². The van der Waals surface area contributed by atoms with Crippen molar-refractivity contribution in [3.05, 3.63) is 71.4 Å². The number of carbonyl (C=O) groups excluding carboxylic acids is 1. The third-order valence-electron chi connectivity index (χ3n) is 4.89. The fraction of sp³-hybridized carbons (Fsp3) is 0.300. The van der Waals surface area contributed by atoms with Crippen LogP contribution in [-0.2, 0) is 12.8 Å². The molecule has 1 aromatic carbocycles. The van der Waals surface area contributed by atoms with Gasteiger partial charge in [0.15, 0.2) is 5.82 Å². The predicted octanol–water partition coefficient (Wildman–Crippen LogP) is 3.03. The standard InChI is InChI=1S/C20H21N5O/c1-14(16-9-8-15-5-2-3-6-17(15)11-16)24-20(26)18-7-4-10-22-19(18)25-13-21-12-23-25/h4,7-14H,2-3,5-6H2,1H3,(H,24,26). The van der Waals surface area contributed by atoms with Gasteiger partial charge in [0.1, 0.15) is 12.7 Å². The Bertz CT molecular complexity index is 920. The minimum atomic E-state index is -0.172. The van der Waals surface area contributed by atoms with E-state index in [1.165, 1.54) is 41.3 Å². The average molecular weight is 347 g/mol. The maximum absolute atomic E-state index is 12.8. The lowest BCUT2D eigenvalue weighted by atomic mass is 9.89. The quantitative estimate of drug-likeness (QED) is 0.787. The second-order valence-corrected chi connectivity index (χ2v) is 6.65. The number of nitrogens with one attached hydrogen (secondary N) is 1. The molecule has 0 aliphatic heterocycles. The number of amides is 1. The normalized spacial score (nSPS) is 14.5. The molecule has 6 heteroatoms. The van der Waals surface area contributed by atoms with E-state index in [-0.39, 0.29) is 11.9 Å². The SMILES string of the molecule is CC(NC(=O)c1cccnc1-n1cncn1)c1ccc2c(c1)CCCC2. The molecule has 132 valence electrons. The molecule has 6 nitrogen and oxygen atoms in total. The van der Waals surface area contributed by atoms with Crippen molar-refractivity contribution in [2.45, 2.75) is 38.6 Å². The van der Waals surface area contributed by atoms with E-state index in [0.29, 0.717) is 11.4 Å². The number of carbonyl (C=O) groups is 1. The first-order chi connectivity index (χ1) is 12.7. The van der Waals surface area contributed by atoms with Crippen molar-refractivity contribution in [2.75, 3.05) is 0 Å². The number of benzene rings is 1. The summed E-state index contributed by atoms with van der Waals surface area (Å²) >= 11 is 0. The number of rotatable bonds is 4. The summed E-state index contributed by atoms with van der Waals surface area (Å²) in [6.07, 6.45) is 9.40. The van der Waals surface area contributed by atoms with Gasteiger partial charge >= 0.3 is 0 Å². The van der Waals surface area contributed by atoms with E-state index in [1.807, 2.05) is 6.92 Å². The molecule has 1 unspecified atom stereocenters. The van der Waals surface area contributed by atoms with Crippen molar-refractivity contribution in [3.63, 3.8) is 0 Å². The summed E-state index contributed by atoms with van der Waals surface area (Å²) in [5.41, 5.74) is 4.46. The topological polar surface area (TPSA) is 72.7 Å². The number of pyridine rings is 1. The molecule has 0 saturated heterocycles. The van der Waals surface area contributed by atoms with Crippen LogP contribution in [0.4, 0.5) is 0 Å². The Morgan fingerprint density at radius 3 is 2.85 bits per heavy atom. The molecular weight excluding hydrogens is 326 g/mol. The van der Waals surface area contributed by atoms with Gasteiger partial charge in [-0.15, -0.1) is 0 Å². The molecule has 1 aliphatic carbocycles. The van der Waals surface area contributed by atoms with E-state index in [1.54, 1.807) is 18.3 Å².